The van der Waals surface area contributed by atoms with Crippen LogP contribution in [0.25, 0.3) is 0 Å². The van der Waals surface area contributed by atoms with Gasteiger partial charge in [-0.1, -0.05) is 35.5 Å². The number of aromatic hydroxyl groups is 1. The fourth-order valence-electron chi connectivity index (χ4n) is 2.81. The molecule has 0 bridgehead atoms. The summed E-state index contributed by atoms with van der Waals surface area (Å²) in [5.41, 5.74) is 4.93. The van der Waals surface area contributed by atoms with E-state index in [9.17, 15) is 22.8 Å². The number of halogens is 4. The minimum absolute atomic E-state index is 0.0326. The lowest BCUT2D eigenvalue weighted by Gasteiger charge is -2.28. The van der Waals surface area contributed by atoms with Crippen molar-refractivity contribution in [3.63, 3.8) is 0 Å². The number of hydrogen-bond acceptors (Lipinski definition) is 5. The Labute approximate surface area is 192 Å². The molecule has 0 aromatic heterocycles. The van der Waals surface area contributed by atoms with Gasteiger partial charge in [-0.15, -0.1) is 6.58 Å². The van der Waals surface area contributed by atoms with Crippen LogP contribution in [0.4, 0.5) is 13.2 Å². The normalized spacial score (nSPS) is 14.2. The fraction of sp³-hybridized carbons (Fsp3) is 0.300. The molecule has 6 nitrogen and oxygen atoms in total. The number of phosphoric ester groups is 1. The van der Waals surface area contributed by atoms with Gasteiger partial charge in [0.1, 0.15) is 5.75 Å². The van der Waals surface area contributed by atoms with E-state index in [1.165, 1.54) is 6.08 Å². The molecule has 12 heteroatoms. The summed E-state index contributed by atoms with van der Waals surface area (Å²) < 4.78 is 54.3. The Hall–Kier alpha value is -1.52. The van der Waals surface area contributed by atoms with E-state index in [1.54, 1.807) is 18.2 Å². The van der Waals surface area contributed by atoms with Gasteiger partial charge in [0.2, 0.25) is 0 Å². The van der Waals surface area contributed by atoms with Gasteiger partial charge in [0, 0.05) is 15.5 Å². The number of alkyl halides is 3. The third-order valence-electron chi connectivity index (χ3n) is 4.50. The first kappa shape index (κ1) is 26.7. The third-order valence-corrected chi connectivity index (χ3v) is 6.36. The van der Waals surface area contributed by atoms with Crippen molar-refractivity contribution < 1.29 is 37.2 Å². The highest BCUT2D eigenvalue weighted by Gasteiger charge is 2.31. The van der Waals surface area contributed by atoms with E-state index in [-0.39, 0.29) is 30.1 Å². The second kappa shape index (κ2) is 10.6. The Morgan fingerprint density at radius 3 is 2.47 bits per heavy atom. The smallest absolute Gasteiger partial charge is 0.469 e. The Morgan fingerprint density at radius 2 is 1.91 bits per heavy atom. The number of benzene rings is 2. The van der Waals surface area contributed by atoms with Crippen LogP contribution in [0.5, 0.6) is 5.75 Å². The van der Waals surface area contributed by atoms with Crippen LogP contribution in [-0.2, 0) is 21.7 Å². The maximum absolute atomic E-state index is 12.9. The van der Waals surface area contributed by atoms with Gasteiger partial charge in [-0.2, -0.15) is 13.2 Å². The average molecular weight is 512 g/mol. The molecular formula is C20H22ClF3NO5PS. The summed E-state index contributed by atoms with van der Waals surface area (Å²) in [6.07, 6.45) is -2.14. The second-order valence-corrected chi connectivity index (χ2v) is 9.92. The van der Waals surface area contributed by atoms with Crippen molar-refractivity contribution >= 4 is 31.2 Å². The van der Waals surface area contributed by atoms with Crippen LogP contribution in [0.1, 0.15) is 24.0 Å². The summed E-state index contributed by atoms with van der Waals surface area (Å²) >= 11 is 7.25. The number of rotatable bonds is 10. The maximum atomic E-state index is 12.9. The molecule has 2 rings (SSSR count). The lowest BCUT2D eigenvalue weighted by Crippen LogP contribution is -2.44. The van der Waals surface area contributed by atoms with Crippen molar-refractivity contribution in [1.29, 1.82) is 0 Å². The predicted octanol–water partition coefficient (Wildman–Crippen LogP) is 5.53. The van der Waals surface area contributed by atoms with E-state index in [1.807, 2.05) is 0 Å². The Kier molecular flexibility index (Phi) is 8.86. The number of nitrogens with two attached hydrogens (primary N) is 1. The molecule has 0 unspecified atom stereocenters. The second-order valence-electron chi connectivity index (χ2n) is 7.15. The van der Waals surface area contributed by atoms with Crippen molar-refractivity contribution in [2.45, 2.75) is 40.8 Å². The summed E-state index contributed by atoms with van der Waals surface area (Å²) in [5.74, 6) is -0.286. The molecule has 0 aliphatic heterocycles. The molecule has 0 aliphatic rings. The zero-order valence-electron chi connectivity index (χ0n) is 16.7. The minimum Gasteiger partial charge on any atom is -0.507 e. The molecule has 5 N–H and O–H groups in total. The van der Waals surface area contributed by atoms with Gasteiger partial charge in [0.15, 0.2) is 0 Å². The van der Waals surface area contributed by atoms with Gasteiger partial charge in [0.05, 0.1) is 17.1 Å². The van der Waals surface area contributed by atoms with Crippen LogP contribution in [0.2, 0.25) is 5.02 Å². The lowest BCUT2D eigenvalue weighted by molar-refractivity contribution is -0.137. The number of phosphoric acid groups is 1. The van der Waals surface area contributed by atoms with Crippen LogP contribution in [-0.4, -0.2) is 27.0 Å². The Morgan fingerprint density at radius 1 is 1.22 bits per heavy atom. The topological polar surface area (TPSA) is 113 Å². The van der Waals surface area contributed by atoms with Crippen LogP contribution in [0, 0.1) is 0 Å². The summed E-state index contributed by atoms with van der Waals surface area (Å²) in [6.45, 7) is 3.21. The molecule has 0 radical (unpaired) electrons. The summed E-state index contributed by atoms with van der Waals surface area (Å²) in [4.78, 5) is 18.4. The van der Waals surface area contributed by atoms with E-state index in [0.29, 0.717) is 21.9 Å². The van der Waals surface area contributed by atoms with Crippen LogP contribution < -0.4 is 5.73 Å². The predicted molar refractivity (Wildman–Crippen MR) is 117 cm³/mol. The number of aryl methyl sites for hydroxylation is 1. The molecule has 2 aromatic carbocycles. The van der Waals surface area contributed by atoms with Gasteiger partial charge < -0.3 is 20.6 Å². The van der Waals surface area contributed by atoms with Gasteiger partial charge in [-0.25, -0.2) is 4.57 Å². The lowest BCUT2D eigenvalue weighted by atomic mass is 9.90. The zero-order valence-corrected chi connectivity index (χ0v) is 19.1. The van der Waals surface area contributed by atoms with Crippen LogP contribution >= 0.6 is 31.2 Å². The molecule has 32 heavy (non-hydrogen) atoms. The molecule has 176 valence electrons. The molecule has 0 heterocycles. The molecule has 0 spiro atoms. The molecular weight excluding hydrogens is 490 g/mol. The highest BCUT2D eigenvalue weighted by atomic mass is 35.5. The SMILES string of the molecule is C=CC[C@](N)(CCc1ccc(Sc2cc(C(F)(F)F)ccc2O)cc1Cl)COP(=O)(O)O. The molecule has 0 saturated heterocycles. The van der Waals surface area contributed by atoms with E-state index in [2.05, 4.69) is 11.1 Å². The Bertz CT molecular complexity index is 1020. The highest BCUT2D eigenvalue weighted by molar-refractivity contribution is 7.99. The molecule has 0 fully saturated rings. The van der Waals surface area contributed by atoms with Crippen molar-refractivity contribution in [2.24, 2.45) is 5.73 Å². The first-order valence-corrected chi connectivity index (χ1v) is 11.9. The monoisotopic (exact) mass is 511 g/mol. The minimum atomic E-state index is -4.68. The molecule has 0 aliphatic carbocycles. The van der Waals surface area contributed by atoms with Gasteiger partial charge in [0.25, 0.3) is 0 Å². The fourth-order valence-corrected chi connectivity index (χ4v) is 4.50. The number of phenolic OH excluding ortho intramolecular Hbond substituents is 1. The van der Waals surface area contributed by atoms with E-state index >= 15 is 0 Å². The Balaban J connectivity index is 2.13. The number of hydrogen-bond donors (Lipinski definition) is 4. The zero-order chi connectivity index (χ0) is 24.2. The standard InChI is InChI=1S/C20H22ClF3NO5PS/c1-2-8-19(25,12-30-31(27,28)29)9-7-13-3-5-15(11-16(13)21)32-18-10-14(20(22,23)24)4-6-17(18)26/h2-6,10-11,26H,1,7-9,12,25H2,(H2,27,28,29)/t19-/m0/s1. The summed E-state index contributed by atoms with van der Waals surface area (Å²) in [5, 5.41) is 10.2. The van der Waals surface area contributed by atoms with Gasteiger partial charge >= 0.3 is 14.0 Å². The van der Waals surface area contributed by atoms with Crippen molar-refractivity contribution in [1.82, 2.24) is 0 Å². The molecule has 1 atom stereocenters. The number of phenols is 1. The van der Waals surface area contributed by atoms with E-state index in [4.69, 9.17) is 27.1 Å². The molecule has 0 saturated carbocycles. The first-order valence-electron chi connectivity index (χ1n) is 9.19. The molecule has 2 aromatic rings. The van der Waals surface area contributed by atoms with Crippen molar-refractivity contribution in [2.75, 3.05) is 6.61 Å². The van der Waals surface area contributed by atoms with E-state index < -0.39 is 25.1 Å². The quantitative estimate of drug-likeness (QED) is 0.245. The van der Waals surface area contributed by atoms with Gasteiger partial charge in [-0.3, -0.25) is 4.52 Å². The summed E-state index contributed by atoms with van der Waals surface area (Å²) in [7, 11) is -4.68. The first-order chi connectivity index (χ1) is 14.7. The van der Waals surface area contributed by atoms with E-state index in [0.717, 1.165) is 30.0 Å². The van der Waals surface area contributed by atoms with Crippen LogP contribution in [0.3, 0.4) is 0 Å². The average Bonchev–Trinajstić information content (AvgIpc) is 2.66. The maximum Gasteiger partial charge on any atom is 0.469 e. The third kappa shape index (κ3) is 8.12. The van der Waals surface area contributed by atoms with Gasteiger partial charge in [-0.05, 0) is 55.2 Å². The largest absolute Gasteiger partial charge is 0.507 e. The molecule has 0 amide bonds. The van der Waals surface area contributed by atoms with Crippen LogP contribution in [0.15, 0.2) is 58.8 Å². The van der Waals surface area contributed by atoms with Crippen molar-refractivity contribution in [3.8, 4) is 5.75 Å². The highest BCUT2D eigenvalue weighted by Crippen LogP contribution is 2.40. The van der Waals surface area contributed by atoms with Crippen molar-refractivity contribution in [3.05, 3.63) is 65.2 Å². The summed E-state index contributed by atoms with van der Waals surface area (Å²) in [6, 6.07) is 7.52.